The number of amides is 1. The number of benzene rings is 1. The molecule has 1 aliphatic carbocycles. The summed E-state index contributed by atoms with van der Waals surface area (Å²) in [5.74, 6) is 0.213. The molecule has 20 heavy (non-hydrogen) atoms. The first-order valence-electron chi connectivity index (χ1n) is 7.30. The lowest BCUT2D eigenvalue weighted by atomic mass is 10.0. The van der Waals surface area contributed by atoms with Crippen LogP contribution in [0.2, 0.25) is 0 Å². The van der Waals surface area contributed by atoms with Crippen LogP contribution in [0.25, 0.3) is 0 Å². The lowest BCUT2D eigenvalue weighted by molar-refractivity contribution is -0.136. The summed E-state index contributed by atoms with van der Waals surface area (Å²) in [6, 6.07) is 10.2. The van der Waals surface area contributed by atoms with E-state index in [0.29, 0.717) is 18.2 Å². The number of carbonyl (C=O) groups excluding carboxylic acids is 1. The number of piperidine rings is 1. The maximum Gasteiger partial charge on any atom is 0.240 e. The average Bonchev–Trinajstić information content (AvgIpc) is 3.27. The second kappa shape index (κ2) is 5.64. The highest BCUT2D eigenvalue weighted by molar-refractivity contribution is 5.82. The van der Waals surface area contributed by atoms with Crippen molar-refractivity contribution in [1.82, 2.24) is 10.2 Å². The molecule has 1 unspecified atom stereocenters. The Bertz CT molecular complexity index is 545. The number of hydrogen-bond acceptors (Lipinski definition) is 3. The molecule has 4 heteroatoms. The van der Waals surface area contributed by atoms with Crippen LogP contribution in [-0.4, -0.2) is 29.4 Å². The van der Waals surface area contributed by atoms with E-state index < -0.39 is 0 Å². The van der Waals surface area contributed by atoms with Crippen LogP contribution in [0.4, 0.5) is 0 Å². The topological polar surface area (TPSA) is 56.1 Å². The molecule has 1 aliphatic heterocycles. The highest BCUT2D eigenvalue weighted by atomic mass is 16.2. The van der Waals surface area contributed by atoms with Crippen LogP contribution < -0.4 is 5.32 Å². The van der Waals surface area contributed by atoms with Crippen LogP contribution in [0, 0.1) is 11.3 Å². The summed E-state index contributed by atoms with van der Waals surface area (Å²) >= 11 is 0. The van der Waals surface area contributed by atoms with Gasteiger partial charge in [0.15, 0.2) is 0 Å². The van der Waals surface area contributed by atoms with Crippen molar-refractivity contribution in [3.05, 3.63) is 35.4 Å². The summed E-state index contributed by atoms with van der Waals surface area (Å²) in [7, 11) is 0. The maximum atomic E-state index is 12.4. The van der Waals surface area contributed by atoms with Gasteiger partial charge in [0.05, 0.1) is 17.7 Å². The van der Waals surface area contributed by atoms with Gasteiger partial charge in [0.1, 0.15) is 0 Å². The van der Waals surface area contributed by atoms with E-state index in [4.69, 9.17) is 5.26 Å². The van der Waals surface area contributed by atoms with Gasteiger partial charge in [0.25, 0.3) is 0 Å². The molecule has 1 saturated carbocycles. The molecule has 0 aromatic heterocycles. The number of nitrogens with zero attached hydrogens (tertiary/aromatic N) is 2. The fraction of sp³-hybridized carbons (Fsp3) is 0.500. The molecule has 104 valence electrons. The molecule has 1 amide bonds. The number of likely N-dealkylation sites (tertiary alicyclic amines) is 1. The number of hydrogen-bond donors (Lipinski definition) is 1. The number of nitrogens with one attached hydrogen (secondary N) is 1. The second-order valence-corrected chi connectivity index (χ2v) is 5.71. The van der Waals surface area contributed by atoms with Gasteiger partial charge in [-0.3, -0.25) is 4.79 Å². The predicted molar refractivity (Wildman–Crippen MR) is 75.8 cm³/mol. The molecule has 1 atom stereocenters. The molecule has 1 heterocycles. The summed E-state index contributed by atoms with van der Waals surface area (Å²) in [5.41, 5.74) is 1.68. The molecule has 0 radical (unpaired) electrons. The molecule has 3 rings (SSSR count). The molecule has 0 bridgehead atoms. The van der Waals surface area contributed by atoms with Gasteiger partial charge >= 0.3 is 0 Å². The Morgan fingerprint density at radius 2 is 2.20 bits per heavy atom. The Morgan fingerprint density at radius 3 is 2.95 bits per heavy atom. The van der Waals surface area contributed by atoms with E-state index in [-0.39, 0.29) is 11.9 Å². The zero-order valence-electron chi connectivity index (χ0n) is 11.5. The highest BCUT2D eigenvalue weighted by Gasteiger charge is 2.33. The van der Waals surface area contributed by atoms with Crippen molar-refractivity contribution in [3.8, 4) is 6.07 Å². The van der Waals surface area contributed by atoms with Crippen LogP contribution in [0.5, 0.6) is 0 Å². The summed E-state index contributed by atoms with van der Waals surface area (Å²) in [5, 5.41) is 12.4. The lowest BCUT2D eigenvalue weighted by Crippen LogP contribution is -2.50. The monoisotopic (exact) mass is 269 g/mol. The van der Waals surface area contributed by atoms with Crippen LogP contribution in [0.1, 0.15) is 36.8 Å². The molecule has 4 nitrogen and oxygen atoms in total. The van der Waals surface area contributed by atoms with E-state index in [1.54, 1.807) is 6.07 Å². The summed E-state index contributed by atoms with van der Waals surface area (Å²) < 4.78 is 0. The van der Waals surface area contributed by atoms with Crippen LogP contribution in [0.15, 0.2) is 24.3 Å². The van der Waals surface area contributed by atoms with Crippen molar-refractivity contribution in [3.63, 3.8) is 0 Å². The normalized spacial score (nSPS) is 22.6. The zero-order chi connectivity index (χ0) is 13.9. The molecule has 1 aromatic rings. The average molecular weight is 269 g/mol. The highest BCUT2D eigenvalue weighted by Crippen LogP contribution is 2.23. The first-order valence-corrected chi connectivity index (χ1v) is 7.30. The molecule has 1 N–H and O–H groups in total. The van der Waals surface area contributed by atoms with Gasteiger partial charge < -0.3 is 10.2 Å². The van der Waals surface area contributed by atoms with Gasteiger partial charge in [-0.15, -0.1) is 0 Å². The van der Waals surface area contributed by atoms with Gasteiger partial charge in [-0.25, -0.2) is 0 Å². The Hall–Kier alpha value is -1.86. The first kappa shape index (κ1) is 13.1. The Balaban J connectivity index is 1.66. The van der Waals surface area contributed by atoms with Gasteiger partial charge in [0, 0.05) is 19.1 Å². The number of nitriles is 1. The summed E-state index contributed by atoms with van der Waals surface area (Å²) in [6.45, 7) is 1.43. The molecular weight excluding hydrogens is 250 g/mol. The number of carbonyl (C=O) groups is 1. The van der Waals surface area contributed by atoms with Crippen molar-refractivity contribution >= 4 is 5.91 Å². The Morgan fingerprint density at radius 1 is 1.35 bits per heavy atom. The van der Waals surface area contributed by atoms with E-state index in [1.807, 2.05) is 23.1 Å². The molecule has 1 saturated heterocycles. The van der Waals surface area contributed by atoms with E-state index in [2.05, 4.69) is 11.4 Å². The van der Waals surface area contributed by atoms with Gasteiger partial charge in [-0.2, -0.15) is 5.26 Å². The van der Waals surface area contributed by atoms with Crippen LogP contribution in [0.3, 0.4) is 0 Å². The van der Waals surface area contributed by atoms with E-state index >= 15 is 0 Å². The maximum absolute atomic E-state index is 12.4. The smallest absolute Gasteiger partial charge is 0.240 e. The van der Waals surface area contributed by atoms with Gasteiger partial charge in [-0.1, -0.05) is 12.1 Å². The summed E-state index contributed by atoms with van der Waals surface area (Å²) in [4.78, 5) is 14.4. The van der Waals surface area contributed by atoms with Crippen molar-refractivity contribution in [2.45, 2.75) is 44.3 Å². The third kappa shape index (κ3) is 3.00. The molecule has 2 aliphatic rings. The first-order chi connectivity index (χ1) is 9.76. The molecule has 0 spiro atoms. The van der Waals surface area contributed by atoms with E-state index in [0.717, 1.165) is 24.9 Å². The van der Waals surface area contributed by atoms with Gasteiger partial charge in [0.2, 0.25) is 5.91 Å². The minimum Gasteiger partial charge on any atom is -0.337 e. The molecular formula is C16H19N3O. The molecule has 1 aromatic carbocycles. The van der Waals surface area contributed by atoms with Crippen LogP contribution in [-0.2, 0) is 11.3 Å². The second-order valence-electron chi connectivity index (χ2n) is 5.71. The van der Waals surface area contributed by atoms with Gasteiger partial charge in [-0.05, 0) is 43.4 Å². The minimum atomic E-state index is -0.00426. The van der Waals surface area contributed by atoms with Crippen molar-refractivity contribution < 1.29 is 4.79 Å². The summed E-state index contributed by atoms with van der Waals surface area (Å²) in [6.07, 6.45) is 4.40. The standard InChI is InChI=1S/C16H19N3O/c17-10-12-3-1-4-13(9-12)11-19-8-2-5-15(16(19)20)18-14-6-7-14/h1,3-4,9,14-15,18H,2,5-8,11H2. The Kier molecular flexibility index (Phi) is 3.70. The Labute approximate surface area is 119 Å². The quantitative estimate of drug-likeness (QED) is 0.907. The van der Waals surface area contributed by atoms with Crippen LogP contribution >= 0.6 is 0 Å². The SMILES string of the molecule is N#Cc1cccc(CN2CCCC(NC3CC3)C2=O)c1. The van der Waals surface area contributed by atoms with E-state index in [1.165, 1.54) is 12.8 Å². The predicted octanol–water partition coefficient (Wildman–Crippen LogP) is 1.80. The van der Waals surface area contributed by atoms with Crippen molar-refractivity contribution in [1.29, 1.82) is 5.26 Å². The van der Waals surface area contributed by atoms with E-state index in [9.17, 15) is 4.79 Å². The number of rotatable bonds is 4. The zero-order valence-corrected chi connectivity index (χ0v) is 11.5. The third-order valence-corrected chi connectivity index (χ3v) is 3.97. The third-order valence-electron chi connectivity index (χ3n) is 3.97. The van der Waals surface area contributed by atoms with Crippen molar-refractivity contribution in [2.75, 3.05) is 6.54 Å². The molecule has 2 fully saturated rings. The van der Waals surface area contributed by atoms with Crippen molar-refractivity contribution in [2.24, 2.45) is 0 Å². The fourth-order valence-electron chi connectivity index (χ4n) is 2.75. The lowest BCUT2D eigenvalue weighted by Gasteiger charge is -2.33. The minimum absolute atomic E-state index is 0.00426. The fourth-order valence-corrected chi connectivity index (χ4v) is 2.75. The largest absolute Gasteiger partial charge is 0.337 e.